The van der Waals surface area contributed by atoms with Gasteiger partial charge >= 0.3 is 0 Å². The normalized spacial score (nSPS) is 9.00. The molecule has 0 aliphatic heterocycles. The lowest BCUT2D eigenvalue weighted by Crippen LogP contribution is -2.03. The summed E-state index contributed by atoms with van der Waals surface area (Å²) in [7, 11) is 0. The summed E-state index contributed by atoms with van der Waals surface area (Å²) in [6, 6.07) is 7.98. The van der Waals surface area contributed by atoms with Crippen LogP contribution in [0.1, 0.15) is 5.56 Å². The largest absolute Gasteiger partial charge is 0.379 e. The molecule has 0 spiro atoms. The Labute approximate surface area is 101 Å². The minimum absolute atomic E-state index is 0. The Morgan fingerprint density at radius 3 is 2.77 bits per heavy atom. The molecular weight excluding hydrogens is 316 g/mol. The highest BCUT2D eigenvalue weighted by Gasteiger charge is 1.95. The van der Waals surface area contributed by atoms with E-state index in [9.17, 15) is 0 Å². The number of halogens is 2. The molecule has 0 amide bonds. The van der Waals surface area contributed by atoms with Gasteiger partial charge in [-0.05, 0) is 17.7 Å². The van der Waals surface area contributed by atoms with E-state index in [1.165, 1.54) is 17.3 Å². The van der Waals surface area contributed by atoms with Crippen molar-refractivity contribution in [3.8, 4) is 0 Å². The minimum Gasteiger partial charge on any atom is -0.379 e. The molecule has 0 aliphatic rings. The molecule has 13 heavy (non-hydrogen) atoms. The van der Waals surface area contributed by atoms with Crippen molar-refractivity contribution in [3.05, 3.63) is 34.3 Å². The molecule has 0 unspecified atom stereocenters. The van der Waals surface area contributed by atoms with Gasteiger partial charge in [-0.1, -0.05) is 39.8 Å². The average Bonchev–Trinajstić information content (AvgIpc) is 2.01. The van der Waals surface area contributed by atoms with Crippen molar-refractivity contribution in [2.45, 2.75) is 5.75 Å². The standard InChI is InChI=1S/C8H9BrN2S.BrH/c9-7-3-1-2-6(4-7)5-12-8(10)11;/h1-4H,5H2,(H3,10,11);1H. The van der Waals surface area contributed by atoms with Crippen LogP contribution in [0.2, 0.25) is 0 Å². The first-order valence-corrected chi connectivity index (χ1v) is 5.17. The molecule has 0 heterocycles. The van der Waals surface area contributed by atoms with Gasteiger partial charge in [-0.2, -0.15) is 0 Å². The topological polar surface area (TPSA) is 49.9 Å². The van der Waals surface area contributed by atoms with Crippen LogP contribution in [0.4, 0.5) is 0 Å². The molecule has 5 heteroatoms. The molecule has 0 aliphatic carbocycles. The van der Waals surface area contributed by atoms with E-state index in [-0.39, 0.29) is 22.1 Å². The molecule has 0 saturated carbocycles. The van der Waals surface area contributed by atoms with E-state index in [0.717, 1.165) is 10.2 Å². The van der Waals surface area contributed by atoms with Crippen molar-refractivity contribution in [3.63, 3.8) is 0 Å². The fourth-order valence-electron chi connectivity index (χ4n) is 0.788. The lowest BCUT2D eigenvalue weighted by atomic mass is 10.2. The van der Waals surface area contributed by atoms with Gasteiger partial charge in [-0.3, -0.25) is 5.41 Å². The zero-order valence-corrected chi connectivity index (χ0v) is 10.9. The van der Waals surface area contributed by atoms with E-state index < -0.39 is 0 Å². The van der Waals surface area contributed by atoms with E-state index in [0.29, 0.717) is 0 Å². The van der Waals surface area contributed by atoms with Gasteiger partial charge in [0.25, 0.3) is 0 Å². The van der Waals surface area contributed by atoms with Crippen molar-refractivity contribution in [2.75, 3.05) is 0 Å². The molecular formula is C8H10Br2N2S. The first-order chi connectivity index (χ1) is 5.68. The maximum atomic E-state index is 7.03. The third kappa shape index (κ3) is 5.33. The summed E-state index contributed by atoms with van der Waals surface area (Å²) in [5, 5.41) is 7.19. The number of nitrogens with one attached hydrogen (secondary N) is 1. The van der Waals surface area contributed by atoms with Crippen LogP contribution in [-0.2, 0) is 5.75 Å². The van der Waals surface area contributed by atoms with Crippen LogP contribution in [0.5, 0.6) is 0 Å². The molecule has 2 nitrogen and oxygen atoms in total. The number of nitrogens with two attached hydrogens (primary N) is 1. The first-order valence-electron chi connectivity index (χ1n) is 3.40. The molecule has 1 aromatic rings. The lowest BCUT2D eigenvalue weighted by Gasteiger charge is -1.99. The Morgan fingerprint density at radius 1 is 1.54 bits per heavy atom. The minimum atomic E-state index is 0. The maximum Gasteiger partial charge on any atom is 0.151 e. The van der Waals surface area contributed by atoms with Crippen LogP contribution in [0.3, 0.4) is 0 Å². The van der Waals surface area contributed by atoms with Gasteiger partial charge in [-0.25, -0.2) is 0 Å². The SMILES string of the molecule is Br.N=C(N)SCc1cccc(Br)c1. The molecule has 72 valence electrons. The first kappa shape index (κ1) is 13.0. The summed E-state index contributed by atoms with van der Waals surface area (Å²) in [4.78, 5) is 0. The molecule has 0 atom stereocenters. The van der Waals surface area contributed by atoms with E-state index in [2.05, 4.69) is 15.9 Å². The molecule has 1 aromatic carbocycles. The fraction of sp³-hybridized carbons (Fsp3) is 0.125. The summed E-state index contributed by atoms with van der Waals surface area (Å²) in [6.45, 7) is 0. The van der Waals surface area contributed by atoms with E-state index >= 15 is 0 Å². The Hall–Kier alpha value is -0.000000000000000111. The lowest BCUT2D eigenvalue weighted by molar-refractivity contribution is 1.40. The van der Waals surface area contributed by atoms with E-state index in [1.807, 2.05) is 24.3 Å². The smallest absolute Gasteiger partial charge is 0.151 e. The van der Waals surface area contributed by atoms with Gasteiger partial charge in [0.1, 0.15) is 0 Å². The van der Waals surface area contributed by atoms with Gasteiger partial charge in [0.2, 0.25) is 0 Å². The van der Waals surface area contributed by atoms with Gasteiger partial charge in [0, 0.05) is 10.2 Å². The summed E-state index contributed by atoms with van der Waals surface area (Å²) in [5.41, 5.74) is 6.38. The Morgan fingerprint density at radius 2 is 2.23 bits per heavy atom. The van der Waals surface area contributed by atoms with Crippen LogP contribution < -0.4 is 5.73 Å². The van der Waals surface area contributed by atoms with Gasteiger partial charge < -0.3 is 5.73 Å². The van der Waals surface area contributed by atoms with Crippen LogP contribution in [0, 0.1) is 5.41 Å². The van der Waals surface area contributed by atoms with Crippen LogP contribution in [0.25, 0.3) is 0 Å². The van der Waals surface area contributed by atoms with Crippen LogP contribution in [0.15, 0.2) is 28.7 Å². The van der Waals surface area contributed by atoms with E-state index in [4.69, 9.17) is 11.1 Å². The fourth-order valence-corrected chi connectivity index (χ4v) is 1.74. The van der Waals surface area contributed by atoms with E-state index in [1.54, 1.807) is 0 Å². The van der Waals surface area contributed by atoms with Gasteiger partial charge in [0.15, 0.2) is 5.17 Å². The molecule has 0 fully saturated rings. The number of benzene rings is 1. The second-order valence-electron chi connectivity index (χ2n) is 2.28. The maximum absolute atomic E-state index is 7.03. The second kappa shape index (κ2) is 6.45. The Balaban J connectivity index is 0.00000144. The summed E-state index contributed by atoms with van der Waals surface area (Å²) < 4.78 is 1.06. The molecule has 1 rings (SSSR count). The van der Waals surface area contributed by atoms with Crippen molar-refractivity contribution in [2.24, 2.45) is 5.73 Å². The third-order valence-electron chi connectivity index (χ3n) is 1.28. The number of hydrogen-bond donors (Lipinski definition) is 2. The van der Waals surface area contributed by atoms with Gasteiger partial charge in [-0.15, -0.1) is 17.0 Å². The highest BCUT2D eigenvalue weighted by atomic mass is 79.9. The molecule has 0 bridgehead atoms. The number of amidine groups is 1. The van der Waals surface area contributed by atoms with Crippen LogP contribution >= 0.6 is 44.7 Å². The quantitative estimate of drug-likeness (QED) is 0.648. The zero-order chi connectivity index (χ0) is 8.97. The molecule has 0 radical (unpaired) electrons. The molecule has 0 saturated heterocycles. The monoisotopic (exact) mass is 324 g/mol. The van der Waals surface area contributed by atoms with Crippen molar-refractivity contribution in [1.29, 1.82) is 5.41 Å². The molecule has 0 aromatic heterocycles. The Bertz CT molecular complexity index is 291. The third-order valence-corrected chi connectivity index (χ3v) is 2.57. The second-order valence-corrected chi connectivity index (χ2v) is 4.22. The van der Waals surface area contributed by atoms with Crippen LogP contribution in [-0.4, -0.2) is 5.17 Å². The van der Waals surface area contributed by atoms with Crippen molar-refractivity contribution < 1.29 is 0 Å². The molecule has 3 N–H and O–H groups in total. The summed E-state index contributed by atoms with van der Waals surface area (Å²) in [6.07, 6.45) is 0. The highest BCUT2D eigenvalue weighted by Crippen LogP contribution is 2.16. The van der Waals surface area contributed by atoms with Crippen molar-refractivity contribution >= 4 is 49.8 Å². The zero-order valence-electron chi connectivity index (χ0n) is 6.79. The predicted molar refractivity (Wildman–Crippen MR) is 67.7 cm³/mol. The average molecular weight is 326 g/mol. The Kier molecular flexibility index (Phi) is 6.45. The number of rotatable bonds is 2. The highest BCUT2D eigenvalue weighted by molar-refractivity contribution is 9.10. The summed E-state index contributed by atoms with van der Waals surface area (Å²) in [5.74, 6) is 0.759. The number of thioether (sulfide) groups is 1. The number of hydrogen-bond acceptors (Lipinski definition) is 2. The summed E-state index contributed by atoms with van der Waals surface area (Å²) >= 11 is 4.71. The van der Waals surface area contributed by atoms with Crippen molar-refractivity contribution in [1.82, 2.24) is 0 Å². The predicted octanol–water partition coefficient (Wildman–Crippen LogP) is 3.15. The van der Waals surface area contributed by atoms with Gasteiger partial charge in [0.05, 0.1) is 0 Å².